The molecule has 0 saturated carbocycles. The van der Waals surface area contributed by atoms with Crippen molar-refractivity contribution in [1.29, 1.82) is 0 Å². The fraction of sp³-hybridized carbons (Fsp3) is 0.154. The van der Waals surface area contributed by atoms with E-state index in [1.165, 1.54) is 0 Å². The van der Waals surface area contributed by atoms with Gasteiger partial charge in [-0.2, -0.15) is 0 Å². The lowest BCUT2D eigenvalue weighted by atomic mass is 10.3. The van der Waals surface area contributed by atoms with Gasteiger partial charge in [-0.05, 0) is 40.2 Å². The molecule has 1 heterocycles. The van der Waals surface area contributed by atoms with Gasteiger partial charge in [-0.15, -0.1) is 0 Å². The van der Waals surface area contributed by atoms with Crippen molar-refractivity contribution in [2.24, 2.45) is 5.73 Å². The van der Waals surface area contributed by atoms with Gasteiger partial charge in [0.25, 0.3) is 5.91 Å². The molecule has 0 aliphatic heterocycles. The van der Waals surface area contributed by atoms with Crippen molar-refractivity contribution in [1.82, 2.24) is 0 Å². The average molecular weight is 325 g/mol. The first-order valence-corrected chi connectivity index (χ1v) is 6.48. The second-order valence-corrected chi connectivity index (χ2v) is 4.50. The lowest BCUT2D eigenvalue weighted by Gasteiger charge is -2.07. The first-order valence-electron chi connectivity index (χ1n) is 5.68. The van der Waals surface area contributed by atoms with Crippen molar-refractivity contribution < 1.29 is 13.9 Å². The highest BCUT2D eigenvalue weighted by Crippen LogP contribution is 2.19. The Morgan fingerprint density at radius 3 is 2.89 bits per heavy atom. The van der Waals surface area contributed by atoms with Gasteiger partial charge in [0.05, 0.1) is 0 Å². The van der Waals surface area contributed by atoms with Crippen LogP contribution < -0.4 is 15.8 Å². The SMILES string of the molecule is NCCOc1cccc(NC(=O)c2ccc(Br)o2)c1. The Bertz CT molecular complexity index is 569. The zero-order chi connectivity index (χ0) is 13.7. The van der Waals surface area contributed by atoms with E-state index in [4.69, 9.17) is 14.9 Å². The highest BCUT2D eigenvalue weighted by Gasteiger charge is 2.10. The van der Waals surface area contributed by atoms with Crippen molar-refractivity contribution in [3.05, 3.63) is 46.8 Å². The normalized spacial score (nSPS) is 10.2. The molecule has 0 spiro atoms. The van der Waals surface area contributed by atoms with Crippen molar-refractivity contribution in [2.75, 3.05) is 18.5 Å². The van der Waals surface area contributed by atoms with Gasteiger partial charge in [0.2, 0.25) is 0 Å². The number of benzene rings is 1. The summed E-state index contributed by atoms with van der Waals surface area (Å²) >= 11 is 3.15. The van der Waals surface area contributed by atoms with Gasteiger partial charge in [-0.1, -0.05) is 6.07 Å². The third-order valence-corrected chi connectivity index (χ3v) is 2.70. The molecule has 6 heteroatoms. The lowest BCUT2D eigenvalue weighted by Crippen LogP contribution is -2.12. The van der Waals surface area contributed by atoms with Crippen LogP contribution >= 0.6 is 15.9 Å². The molecule has 5 nitrogen and oxygen atoms in total. The molecule has 0 aliphatic carbocycles. The van der Waals surface area contributed by atoms with Crippen molar-refractivity contribution >= 4 is 27.5 Å². The maximum absolute atomic E-state index is 11.9. The highest BCUT2D eigenvalue weighted by atomic mass is 79.9. The number of amides is 1. The highest BCUT2D eigenvalue weighted by molar-refractivity contribution is 9.10. The molecule has 1 aromatic heterocycles. The van der Waals surface area contributed by atoms with Crippen LogP contribution in [0.4, 0.5) is 5.69 Å². The summed E-state index contributed by atoms with van der Waals surface area (Å²) < 4.78 is 11.1. The quantitative estimate of drug-likeness (QED) is 0.886. The van der Waals surface area contributed by atoms with E-state index in [0.29, 0.717) is 29.3 Å². The molecule has 0 saturated heterocycles. The molecule has 1 aromatic carbocycles. The zero-order valence-corrected chi connectivity index (χ0v) is 11.6. The van der Waals surface area contributed by atoms with Crippen molar-refractivity contribution in [3.8, 4) is 5.75 Å². The van der Waals surface area contributed by atoms with Gasteiger partial charge in [0.15, 0.2) is 10.4 Å². The summed E-state index contributed by atoms with van der Waals surface area (Å²) in [6.07, 6.45) is 0. The lowest BCUT2D eigenvalue weighted by molar-refractivity contribution is 0.0995. The zero-order valence-electron chi connectivity index (χ0n) is 10.1. The van der Waals surface area contributed by atoms with Crippen LogP contribution in [0.25, 0.3) is 0 Å². The number of halogens is 1. The third kappa shape index (κ3) is 3.84. The molecule has 0 radical (unpaired) electrons. The molecule has 0 atom stereocenters. The molecule has 0 unspecified atom stereocenters. The molecule has 0 fully saturated rings. The van der Waals surface area contributed by atoms with Crippen LogP contribution in [0.5, 0.6) is 5.75 Å². The van der Waals surface area contributed by atoms with E-state index in [-0.39, 0.29) is 11.7 Å². The maximum Gasteiger partial charge on any atom is 0.291 e. The maximum atomic E-state index is 11.9. The van der Waals surface area contributed by atoms with Crippen molar-refractivity contribution in [3.63, 3.8) is 0 Å². The van der Waals surface area contributed by atoms with Gasteiger partial charge in [-0.3, -0.25) is 4.79 Å². The summed E-state index contributed by atoms with van der Waals surface area (Å²) in [5.74, 6) is 0.575. The molecule has 0 bridgehead atoms. The standard InChI is InChI=1S/C13H13BrN2O3/c14-12-5-4-11(19-12)13(17)16-9-2-1-3-10(8-9)18-7-6-15/h1-5,8H,6-7,15H2,(H,16,17). The Morgan fingerprint density at radius 1 is 1.37 bits per heavy atom. The largest absolute Gasteiger partial charge is 0.492 e. The van der Waals surface area contributed by atoms with Gasteiger partial charge in [0, 0.05) is 18.3 Å². The number of hydrogen-bond donors (Lipinski definition) is 2. The Hall–Kier alpha value is -1.79. The first-order chi connectivity index (χ1) is 9.19. The third-order valence-electron chi connectivity index (χ3n) is 2.28. The van der Waals surface area contributed by atoms with Crippen LogP contribution in [0.1, 0.15) is 10.6 Å². The van der Waals surface area contributed by atoms with E-state index in [9.17, 15) is 4.79 Å². The van der Waals surface area contributed by atoms with Gasteiger partial charge in [-0.25, -0.2) is 0 Å². The first kappa shape index (κ1) is 13.6. The number of ether oxygens (including phenoxy) is 1. The van der Waals surface area contributed by atoms with E-state index in [2.05, 4.69) is 21.2 Å². The van der Waals surface area contributed by atoms with E-state index >= 15 is 0 Å². The molecule has 1 amide bonds. The van der Waals surface area contributed by atoms with E-state index in [0.717, 1.165) is 0 Å². The van der Waals surface area contributed by atoms with Crippen molar-refractivity contribution in [2.45, 2.75) is 0 Å². The number of nitrogens with one attached hydrogen (secondary N) is 1. The van der Waals surface area contributed by atoms with Crippen LogP contribution in [0.2, 0.25) is 0 Å². The summed E-state index contributed by atoms with van der Waals surface area (Å²) in [6, 6.07) is 10.3. The number of furan rings is 1. The fourth-order valence-electron chi connectivity index (χ4n) is 1.47. The molecular formula is C13H13BrN2O3. The average Bonchev–Trinajstić information content (AvgIpc) is 2.83. The van der Waals surface area contributed by atoms with Gasteiger partial charge < -0.3 is 20.2 Å². The fourth-order valence-corrected chi connectivity index (χ4v) is 1.78. The summed E-state index contributed by atoms with van der Waals surface area (Å²) in [6.45, 7) is 0.875. The van der Waals surface area contributed by atoms with Crippen LogP contribution in [0, 0.1) is 0 Å². The minimum atomic E-state index is -0.318. The summed E-state index contributed by atoms with van der Waals surface area (Å²) in [5.41, 5.74) is 5.99. The number of carbonyl (C=O) groups excluding carboxylic acids is 1. The van der Waals surface area contributed by atoms with E-state index in [1.807, 2.05) is 0 Å². The Balaban J connectivity index is 2.04. The van der Waals surface area contributed by atoms with Gasteiger partial charge >= 0.3 is 0 Å². The van der Waals surface area contributed by atoms with E-state index < -0.39 is 0 Å². The predicted octanol–water partition coefficient (Wildman–Crippen LogP) is 2.63. The van der Waals surface area contributed by atoms with Crippen LogP contribution in [0.3, 0.4) is 0 Å². The Morgan fingerprint density at radius 2 is 2.21 bits per heavy atom. The minimum absolute atomic E-state index is 0.236. The number of carbonyl (C=O) groups is 1. The monoisotopic (exact) mass is 324 g/mol. The van der Waals surface area contributed by atoms with Gasteiger partial charge in [0.1, 0.15) is 12.4 Å². The summed E-state index contributed by atoms with van der Waals surface area (Å²) in [4.78, 5) is 11.9. The summed E-state index contributed by atoms with van der Waals surface area (Å²) in [5, 5.41) is 2.72. The molecule has 2 rings (SSSR count). The predicted molar refractivity (Wildman–Crippen MR) is 75.4 cm³/mol. The topological polar surface area (TPSA) is 77.5 Å². The number of nitrogens with two attached hydrogens (primary N) is 1. The minimum Gasteiger partial charge on any atom is -0.492 e. The van der Waals surface area contributed by atoms with Crippen LogP contribution in [-0.2, 0) is 0 Å². The van der Waals surface area contributed by atoms with E-state index in [1.54, 1.807) is 36.4 Å². The Kier molecular flexibility index (Phi) is 4.59. The molecule has 19 heavy (non-hydrogen) atoms. The molecular weight excluding hydrogens is 312 g/mol. The number of hydrogen-bond acceptors (Lipinski definition) is 4. The Labute approximate surface area is 118 Å². The number of rotatable bonds is 5. The molecule has 3 N–H and O–H groups in total. The smallest absolute Gasteiger partial charge is 0.291 e. The molecule has 0 aliphatic rings. The summed E-state index contributed by atoms with van der Waals surface area (Å²) in [7, 11) is 0. The molecule has 2 aromatic rings. The van der Waals surface area contributed by atoms with Crippen LogP contribution in [0.15, 0.2) is 45.5 Å². The second-order valence-electron chi connectivity index (χ2n) is 3.72. The number of anilines is 1. The van der Waals surface area contributed by atoms with Crippen LogP contribution in [-0.4, -0.2) is 19.1 Å². The molecule has 100 valence electrons. The second kappa shape index (κ2) is 6.40.